The highest BCUT2D eigenvalue weighted by atomic mass is 35.5. The van der Waals surface area contributed by atoms with Gasteiger partial charge in [-0.05, 0) is 55.4 Å². The third kappa shape index (κ3) is 4.78. The first-order valence-corrected chi connectivity index (χ1v) is 9.82. The SMILES string of the molecule is COc1ccccc1COc1ccc(C(C(=O)O)C2CCC(O)CC2)cc1Cl. The van der Waals surface area contributed by atoms with E-state index in [0.717, 1.165) is 11.3 Å². The zero-order chi connectivity index (χ0) is 20.1. The van der Waals surface area contributed by atoms with E-state index >= 15 is 0 Å². The first-order chi connectivity index (χ1) is 13.5. The molecule has 6 heteroatoms. The summed E-state index contributed by atoms with van der Waals surface area (Å²) in [4.78, 5) is 11.9. The third-order valence-corrected chi connectivity index (χ3v) is 5.66. The second-order valence-corrected chi connectivity index (χ2v) is 7.58. The Kier molecular flexibility index (Phi) is 6.81. The molecule has 0 radical (unpaired) electrons. The Morgan fingerprint density at radius 2 is 1.86 bits per heavy atom. The van der Waals surface area contributed by atoms with Gasteiger partial charge in [-0.25, -0.2) is 0 Å². The van der Waals surface area contributed by atoms with Gasteiger partial charge < -0.3 is 19.7 Å². The molecular formula is C22H25ClO5. The number of benzene rings is 2. The molecule has 0 saturated heterocycles. The molecule has 0 aromatic heterocycles. The number of aliphatic hydroxyl groups excluding tert-OH is 1. The van der Waals surface area contributed by atoms with Crippen LogP contribution in [0.5, 0.6) is 11.5 Å². The van der Waals surface area contributed by atoms with Gasteiger partial charge >= 0.3 is 5.97 Å². The van der Waals surface area contributed by atoms with E-state index in [1.54, 1.807) is 25.3 Å². The largest absolute Gasteiger partial charge is 0.496 e. The van der Waals surface area contributed by atoms with Gasteiger partial charge in [0.15, 0.2) is 0 Å². The summed E-state index contributed by atoms with van der Waals surface area (Å²) >= 11 is 6.39. The van der Waals surface area contributed by atoms with E-state index in [2.05, 4.69) is 0 Å². The lowest BCUT2D eigenvalue weighted by atomic mass is 9.76. The molecule has 1 atom stereocenters. The molecule has 1 fully saturated rings. The van der Waals surface area contributed by atoms with E-state index in [1.807, 2.05) is 24.3 Å². The Morgan fingerprint density at radius 1 is 1.14 bits per heavy atom. The molecule has 0 heterocycles. The molecular weight excluding hydrogens is 380 g/mol. The van der Waals surface area contributed by atoms with Crippen LogP contribution in [0.3, 0.4) is 0 Å². The van der Waals surface area contributed by atoms with Crippen LogP contribution in [-0.4, -0.2) is 29.4 Å². The van der Waals surface area contributed by atoms with Crippen LogP contribution >= 0.6 is 11.6 Å². The minimum Gasteiger partial charge on any atom is -0.496 e. The van der Waals surface area contributed by atoms with Crippen molar-refractivity contribution in [1.29, 1.82) is 0 Å². The summed E-state index contributed by atoms with van der Waals surface area (Å²) in [7, 11) is 1.61. The van der Waals surface area contributed by atoms with Gasteiger partial charge in [0.2, 0.25) is 0 Å². The Bertz CT molecular complexity index is 814. The fraction of sp³-hybridized carbons (Fsp3) is 0.409. The van der Waals surface area contributed by atoms with Gasteiger partial charge in [0.05, 0.1) is 24.2 Å². The minimum atomic E-state index is -0.861. The molecule has 0 spiro atoms. The van der Waals surface area contributed by atoms with Crippen LogP contribution in [0.25, 0.3) is 0 Å². The van der Waals surface area contributed by atoms with Gasteiger partial charge in [-0.1, -0.05) is 35.9 Å². The number of carboxylic acids is 1. The number of aliphatic hydroxyl groups is 1. The summed E-state index contributed by atoms with van der Waals surface area (Å²) in [5, 5.41) is 19.8. The van der Waals surface area contributed by atoms with Gasteiger partial charge in [0, 0.05) is 5.56 Å². The number of hydrogen-bond acceptors (Lipinski definition) is 4. The van der Waals surface area contributed by atoms with Crippen LogP contribution < -0.4 is 9.47 Å². The van der Waals surface area contributed by atoms with Crippen molar-refractivity contribution in [2.45, 2.75) is 44.3 Å². The standard InChI is InChI=1S/C22H25ClO5/c1-27-19-5-3-2-4-16(19)13-28-20-11-8-15(12-18(20)23)21(22(25)26)14-6-9-17(24)10-7-14/h2-5,8,11-12,14,17,21,24H,6-7,9-10,13H2,1H3,(H,25,26). The molecule has 0 amide bonds. The van der Waals surface area contributed by atoms with Crippen molar-refractivity contribution in [2.75, 3.05) is 7.11 Å². The number of methoxy groups -OCH3 is 1. The molecule has 0 bridgehead atoms. The molecule has 28 heavy (non-hydrogen) atoms. The summed E-state index contributed by atoms with van der Waals surface area (Å²) in [6, 6.07) is 12.8. The van der Waals surface area contributed by atoms with E-state index in [0.29, 0.717) is 48.6 Å². The number of hydrogen-bond donors (Lipinski definition) is 2. The first kappa shape index (κ1) is 20.5. The lowest BCUT2D eigenvalue weighted by molar-refractivity contribution is -0.140. The van der Waals surface area contributed by atoms with Crippen molar-refractivity contribution >= 4 is 17.6 Å². The van der Waals surface area contributed by atoms with Crippen molar-refractivity contribution in [3.05, 3.63) is 58.6 Å². The Hall–Kier alpha value is -2.24. The maximum Gasteiger partial charge on any atom is 0.311 e. The van der Waals surface area contributed by atoms with Crippen molar-refractivity contribution in [1.82, 2.24) is 0 Å². The van der Waals surface area contributed by atoms with E-state index in [-0.39, 0.29) is 12.0 Å². The van der Waals surface area contributed by atoms with Crippen LogP contribution in [0.4, 0.5) is 0 Å². The van der Waals surface area contributed by atoms with Crippen LogP contribution in [0.1, 0.15) is 42.7 Å². The zero-order valence-corrected chi connectivity index (χ0v) is 16.6. The second kappa shape index (κ2) is 9.30. The predicted octanol–water partition coefficient (Wildman–Crippen LogP) is 4.65. The number of halogens is 1. The monoisotopic (exact) mass is 404 g/mol. The summed E-state index contributed by atoms with van der Waals surface area (Å²) in [6.45, 7) is 0.298. The summed E-state index contributed by atoms with van der Waals surface area (Å²) < 4.78 is 11.1. The Balaban J connectivity index is 1.74. The van der Waals surface area contributed by atoms with Gasteiger partial charge in [0.1, 0.15) is 18.1 Å². The first-order valence-electron chi connectivity index (χ1n) is 9.44. The molecule has 0 aliphatic heterocycles. The van der Waals surface area contributed by atoms with Crippen LogP contribution in [0.15, 0.2) is 42.5 Å². The van der Waals surface area contributed by atoms with Crippen LogP contribution in [0.2, 0.25) is 5.02 Å². The number of ether oxygens (including phenoxy) is 2. The van der Waals surface area contributed by atoms with E-state index < -0.39 is 11.9 Å². The summed E-state index contributed by atoms with van der Waals surface area (Å²) in [5.74, 6) is -0.258. The molecule has 2 aromatic rings. The fourth-order valence-corrected chi connectivity index (χ4v) is 4.10. The zero-order valence-electron chi connectivity index (χ0n) is 15.8. The quantitative estimate of drug-likeness (QED) is 0.702. The molecule has 1 saturated carbocycles. The van der Waals surface area contributed by atoms with E-state index in [9.17, 15) is 15.0 Å². The van der Waals surface area contributed by atoms with Gasteiger partial charge in [0.25, 0.3) is 0 Å². The molecule has 150 valence electrons. The molecule has 2 N–H and O–H groups in total. The fourth-order valence-electron chi connectivity index (χ4n) is 3.86. The molecule has 1 aliphatic carbocycles. The van der Waals surface area contributed by atoms with Crippen LogP contribution in [0, 0.1) is 5.92 Å². The molecule has 2 aromatic carbocycles. The number of rotatable bonds is 7. The third-order valence-electron chi connectivity index (χ3n) is 5.37. The molecule has 1 aliphatic rings. The van der Waals surface area contributed by atoms with E-state index in [4.69, 9.17) is 21.1 Å². The maximum atomic E-state index is 11.9. The lowest BCUT2D eigenvalue weighted by Gasteiger charge is -2.30. The average Bonchev–Trinajstić information content (AvgIpc) is 2.69. The van der Waals surface area contributed by atoms with Crippen molar-refractivity contribution in [3.8, 4) is 11.5 Å². The number of carbonyl (C=O) groups is 1. The average molecular weight is 405 g/mol. The molecule has 1 unspecified atom stereocenters. The Morgan fingerprint density at radius 3 is 2.50 bits per heavy atom. The second-order valence-electron chi connectivity index (χ2n) is 7.17. The number of aliphatic carboxylic acids is 1. The van der Waals surface area contributed by atoms with Gasteiger partial charge in [-0.2, -0.15) is 0 Å². The lowest BCUT2D eigenvalue weighted by Crippen LogP contribution is -2.27. The minimum absolute atomic E-state index is 0.00249. The number of para-hydroxylation sites is 1. The van der Waals surface area contributed by atoms with Crippen LogP contribution in [-0.2, 0) is 11.4 Å². The predicted molar refractivity (Wildman–Crippen MR) is 107 cm³/mol. The van der Waals surface area contributed by atoms with Crippen molar-refractivity contribution in [2.24, 2.45) is 5.92 Å². The highest BCUT2D eigenvalue weighted by Crippen LogP contribution is 2.39. The highest BCUT2D eigenvalue weighted by Gasteiger charge is 2.33. The normalized spacial score (nSPS) is 20.4. The summed E-state index contributed by atoms with van der Waals surface area (Å²) in [6.07, 6.45) is 2.36. The van der Waals surface area contributed by atoms with Crippen molar-refractivity contribution in [3.63, 3.8) is 0 Å². The van der Waals surface area contributed by atoms with Gasteiger partial charge in [-0.15, -0.1) is 0 Å². The van der Waals surface area contributed by atoms with E-state index in [1.165, 1.54) is 0 Å². The highest BCUT2D eigenvalue weighted by molar-refractivity contribution is 6.32. The van der Waals surface area contributed by atoms with Gasteiger partial charge in [-0.3, -0.25) is 4.79 Å². The number of carboxylic acid groups (broad SMARTS) is 1. The molecule has 3 rings (SSSR count). The topological polar surface area (TPSA) is 76.0 Å². The van der Waals surface area contributed by atoms with Crippen molar-refractivity contribution < 1.29 is 24.5 Å². The summed E-state index contributed by atoms with van der Waals surface area (Å²) in [5.41, 5.74) is 1.57. The Labute approximate surface area is 169 Å². The molecule has 5 nitrogen and oxygen atoms in total. The smallest absolute Gasteiger partial charge is 0.311 e. The maximum absolute atomic E-state index is 11.9.